The molecule has 1 aromatic carbocycles. The molecule has 0 aliphatic rings. The number of nitrogens with zero attached hydrogens (tertiary/aromatic N) is 1. The fraction of sp³-hybridized carbons (Fsp3) is 0. The van der Waals surface area contributed by atoms with Gasteiger partial charge in [0.2, 0.25) is 0 Å². The number of para-hydroxylation sites is 1. The van der Waals surface area contributed by atoms with Gasteiger partial charge in [-0.2, -0.15) is 0 Å². The smallest absolute Gasteiger partial charge is 0.188 e. The van der Waals surface area contributed by atoms with Crippen LogP contribution in [0.3, 0.4) is 0 Å². The minimum absolute atomic E-state index is 0.383. The molecule has 0 radical (unpaired) electrons. The van der Waals surface area contributed by atoms with Crippen molar-refractivity contribution in [3.05, 3.63) is 23.7 Å². The second kappa shape index (κ2) is 2.93. The number of fused-ring (bicyclic) bond motifs is 1. The van der Waals surface area contributed by atoms with Crippen molar-refractivity contribution in [2.45, 2.75) is 4.90 Å². The van der Waals surface area contributed by atoms with Gasteiger partial charge >= 0.3 is 0 Å². The fourth-order valence-corrected chi connectivity index (χ4v) is 2.29. The highest BCUT2D eigenvalue weighted by Gasteiger charge is 2.06. The molecule has 1 aromatic heterocycles. The summed E-state index contributed by atoms with van der Waals surface area (Å²) in [5.41, 5.74) is 2.30. The van der Waals surface area contributed by atoms with E-state index in [1.54, 1.807) is 17.6 Å². The third kappa shape index (κ3) is 1.16. The van der Waals surface area contributed by atoms with Gasteiger partial charge in [-0.15, -0.1) is 11.3 Å². The second-order valence-electron chi connectivity index (χ2n) is 2.20. The van der Waals surface area contributed by atoms with Gasteiger partial charge in [0.15, 0.2) is 11.1 Å². The molecule has 62 valence electrons. The summed E-state index contributed by atoms with van der Waals surface area (Å²) in [6.07, 6.45) is 0. The summed E-state index contributed by atoms with van der Waals surface area (Å²) in [4.78, 5) is 4.39. The summed E-state index contributed by atoms with van der Waals surface area (Å²) in [7, 11) is 0. The molecule has 1 N–H and O–H groups in total. The first kappa shape index (κ1) is 7.85. The highest BCUT2D eigenvalue weighted by molar-refractivity contribution is 7.79. The summed E-state index contributed by atoms with van der Waals surface area (Å²) in [6.45, 7) is 0. The minimum atomic E-state index is -1.94. The van der Waals surface area contributed by atoms with Crippen molar-refractivity contribution in [3.8, 4) is 0 Å². The van der Waals surface area contributed by atoms with Crippen LogP contribution in [-0.4, -0.2) is 13.7 Å². The van der Waals surface area contributed by atoms with Crippen LogP contribution in [-0.2, 0) is 11.1 Å². The summed E-state index contributed by atoms with van der Waals surface area (Å²) >= 11 is -0.476. The van der Waals surface area contributed by atoms with Crippen molar-refractivity contribution in [3.63, 3.8) is 0 Å². The van der Waals surface area contributed by atoms with E-state index in [4.69, 9.17) is 4.55 Å². The van der Waals surface area contributed by atoms with E-state index in [0.29, 0.717) is 10.4 Å². The summed E-state index contributed by atoms with van der Waals surface area (Å²) in [5, 5.41) is 0. The lowest BCUT2D eigenvalue weighted by Gasteiger charge is -1.94. The monoisotopic (exact) mass is 199 g/mol. The number of hydrogen-bond acceptors (Lipinski definition) is 3. The van der Waals surface area contributed by atoms with Gasteiger partial charge in [0.05, 0.1) is 20.6 Å². The summed E-state index contributed by atoms with van der Waals surface area (Å²) in [5.74, 6) is 0. The predicted octanol–water partition coefficient (Wildman–Crippen LogP) is 1.88. The van der Waals surface area contributed by atoms with Crippen LogP contribution in [0.5, 0.6) is 0 Å². The van der Waals surface area contributed by atoms with Crippen LogP contribution in [0.2, 0.25) is 0 Å². The molecule has 0 aliphatic carbocycles. The SMILES string of the molecule is O=S(O)c1cccc2scnc12. The van der Waals surface area contributed by atoms with E-state index in [9.17, 15) is 4.21 Å². The van der Waals surface area contributed by atoms with Gasteiger partial charge in [-0.1, -0.05) is 6.07 Å². The average molecular weight is 199 g/mol. The molecule has 12 heavy (non-hydrogen) atoms. The maximum Gasteiger partial charge on any atom is 0.188 e. The third-order valence-electron chi connectivity index (χ3n) is 1.51. The molecule has 0 bridgehead atoms. The van der Waals surface area contributed by atoms with Crippen molar-refractivity contribution in [1.82, 2.24) is 4.98 Å². The highest BCUT2D eigenvalue weighted by Crippen LogP contribution is 2.22. The van der Waals surface area contributed by atoms with Crippen molar-refractivity contribution >= 4 is 32.6 Å². The molecule has 0 aliphatic heterocycles. The number of hydrogen-bond donors (Lipinski definition) is 1. The Morgan fingerprint density at radius 3 is 3.08 bits per heavy atom. The van der Waals surface area contributed by atoms with Crippen molar-refractivity contribution < 1.29 is 8.76 Å². The van der Waals surface area contributed by atoms with Gasteiger partial charge < -0.3 is 4.55 Å². The molecule has 1 heterocycles. The molecule has 2 aromatic rings. The lowest BCUT2D eigenvalue weighted by Crippen LogP contribution is -1.88. The third-order valence-corrected chi connectivity index (χ3v) is 3.01. The fourth-order valence-electron chi connectivity index (χ4n) is 1.00. The maximum atomic E-state index is 10.8. The molecule has 0 amide bonds. The zero-order valence-electron chi connectivity index (χ0n) is 5.93. The standard InChI is InChI=1S/C7H5NO2S2/c9-12(10)6-3-1-2-5-7(6)8-4-11-5/h1-4H,(H,9,10). The van der Waals surface area contributed by atoms with Gasteiger partial charge in [-0.3, -0.25) is 0 Å². The number of aromatic nitrogens is 1. The Labute approximate surface area is 75.4 Å². The first-order valence-electron chi connectivity index (χ1n) is 3.22. The van der Waals surface area contributed by atoms with E-state index >= 15 is 0 Å². The van der Waals surface area contributed by atoms with Gasteiger partial charge in [-0.05, 0) is 12.1 Å². The molecule has 3 nitrogen and oxygen atoms in total. The van der Waals surface area contributed by atoms with E-state index in [1.165, 1.54) is 11.3 Å². The van der Waals surface area contributed by atoms with Crippen LogP contribution < -0.4 is 0 Å². The summed E-state index contributed by atoms with van der Waals surface area (Å²) in [6, 6.07) is 5.24. The molecule has 0 saturated carbocycles. The predicted molar refractivity (Wildman–Crippen MR) is 48.7 cm³/mol. The highest BCUT2D eigenvalue weighted by atomic mass is 32.2. The van der Waals surface area contributed by atoms with E-state index in [2.05, 4.69) is 4.98 Å². The Morgan fingerprint density at radius 2 is 2.33 bits per heavy atom. The Kier molecular flexibility index (Phi) is 1.92. The van der Waals surface area contributed by atoms with E-state index in [1.807, 2.05) is 6.07 Å². The van der Waals surface area contributed by atoms with Gasteiger partial charge in [0.1, 0.15) is 0 Å². The van der Waals surface area contributed by atoms with Crippen LogP contribution >= 0.6 is 11.3 Å². The van der Waals surface area contributed by atoms with Crippen LogP contribution in [0, 0.1) is 0 Å². The van der Waals surface area contributed by atoms with Crippen molar-refractivity contribution in [2.75, 3.05) is 0 Å². The summed E-state index contributed by atoms with van der Waals surface area (Å²) < 4.78 is 20.6. The van der Waals surface area contributed by atoms with Crippen LogP contribution in [0.4, 0.5) is 0 Å². The van der Waals surface area contributed by atoms with Gasteiger partial charge in [0, 0.05) is 0 Å². The Balaban J connectivity index is 2.82. The lowest BCUT2D eigenvalue weighted by molar-refractivity contribution is 0.565. The topological polar surface area (TPSA) is 50.2 Å². The van der Waals surface area contributed by atoms with E-state index < -0.39 is 11.1 Å². The first-order valence-corrected chi connectivity index (χ1v) is 5.21. The van der Waals surface area contributed by atoms with Crippen LogP contribution in [0.1, 0.15) is 0 Å². The normalized spacial score (nSPS) is 13.4. The molecule has 1 atom stereocenters. The zero-order valence-corrected chi connectivity index (χ0v) is 7.56. The largest absolute Gasteiger partial charge is 0.302 e. The molecular weight excluding hydrogens is 194 g/mol. The Morgan fingerprint density at radius 1 is 1.50 bits per heavy atom. The van der Waals surface area contributed by atoms with E-state index in [0.717, 1.165) is 4.70 Å². The average Bonchev–Trinajstić information content (AvgIpc) is 2.49. The quantitative estimate of drug-likeness (QED) is 0.713. The molecule has 2 rings (SSSR count). The molecule has 0 spiro atoms. The lowest BCUT2D eigenvalue weighted by atomic mass is 10.3. The molecule has 1 unspecified atom stereocenters. The van der Waals surface area contributed by atoms with Crippen LogP contribution in [0.15, 0.2) is 28.6 Å². The first-order chi connectivity index (χ1) is 5.79. The molecule has 5 heteroatoms. The van der Waals surface area contributed by atoms with Crippen molar-refractivity contribution in [1.29, 1.82) is 0 Å². The van der Waals surface area contributed by atoms with Crippen LogP contribution in [0.25, 0.3) is 10.2 Å². The molecule has 0 fully saturated rings. The maximum absolute atomic E-state index is 10.8. The van der Waals surface area contributed by atoms with E-state index in [-0.39, 0.29) is 0 Å². The van der Waals surface area contributed by atoms with Crippen molar-refractivity contribution in [2.24, 2.45) is 0 Å². The van der Waals surface area contributed by atoms with Gasteiger partial charge in [-0.25, -0.2) is 9.19 Å². The Hall–Kier alpha value is -0.780. The molecule has 0 saturated heterocycles. The Bertz CT molecular complexity index is 438. The molecular formula is C7H5NO2S2. The number of thiazole rings is 1. The minimum Gasteiger partial charge on any atom is -0.302 e. The van der Waals surface area contributed by atoms with Gasteiger partial charge in [0.25, 0.3) is 0 Å². The number of rotatable bonds is 1. The zero-order chi connectivity index (χ0) is 8.55. The number of benzene rings is 1. The second-order valence-corrected chi connectivity index (χ2v) is 4.03.